The van der Waals surface area contributed by atoms with Crippen LogP contribution < -0.4 is 0 Å². The van der Waals surface area contributed by atoms with E-state index < -0.39 is 0 Å². The van der Waals surface area contributed by atoms with Crippen LogP contribution in [0.15, 0.2) is 0 Å². The first-order valence-electron chi connectivity index (χ1n) is 4.21. The maximum atomic E-state index is 3.83. The molecule has 0 aromatic rings. The molecular formula is C10H19N2U2+. The third-order valence-corrected chi connectivity index (χ3v) is 1.99. The molecule has 0 aromatic heterocycles. The minimum atomic E-state index is 0. The minimum Gasteiger partial charge on any atom is -0.325 e. The van der Waals surface area contributed by atoms with Crippen LogP contribution in [-0.2, 0) is 0 Å². The van der Waals surface area contributed by atoms with Gasteiger partial charge in [-0.05, 0) is 26.2 Å². The molecule has 0 aliphatic heterocycles. The van der Waals surface area contributed by atoms with Gasteiger partial charge in [0.1, 0.15) is 0 Å². The van der Waals surface area contributed by atoms with Crippen molar-refractivity contribution in [3.8, 4) is 0 Å². The van der Waals surface area contributed by atoms with E-state index in [0.717, 1.165) is 32.0 Å². The van der Waals surface area contributed by atoms with Crippen LogP contribution in [0, 0.1) is 89.9 Å². The molecule has 76 valence electrons. The van der Waals surface area contributed by atoms with Crippen molar-refractivity contribution in [3.05, 3.63) is 27.7 Å². The van der Waals surface area contributed by atoms with Crippen molar-refractivity contribution in [2.45, 2.75) is 6.92 Å². The van der Waals surface area contributed by atoms with E-state index in [4.69, 9.17) is 0 Å². The fourth-order valence-corrected chi connectivity index (χ4v) is 1.07. The topological polar surface area (TPSA) is 6.25 Å². The van der Waals surface area contributed by atoms with Crippen molar-refractivity contribution >= 4 is 5.84 Å². The fourth-order valence-electron chi connectivity index (χ4n) is 1.07. The first-order chi connectivity index (χ1) is 5.71. The van der Waals surface area contributed by atoms with Crippen molar-refractivity contribution < 1.29 is 66.8 Å². The van der Waals surface area contributed by atoms with Gasteiger partial charge in [-0.15, -0.1) is 0 Å². The van der Waals surface area contributed by atoms with E-state index >= 15 is 0 Å². The summed E-state index contributed by atoms with van der Waals surface area (Å²) in [5.41, 5.74) is 0. The van der Waals surface area contributed by atoms with Gasteiger partial charge in [-0.25, -0.2) is 0 Å². The zero-order valence-corrected chi connectivity index (χ0v) is 17.4. The Morgan fingerprint density at radius 1 is 1.00 bits per heavy atom. The standard InChI is InChI=1S/C10H19N2.2U/c1-6-11(7-2)10(5)12(8-3)9-4;;/h1-4,6-9H2,5H3;;/q-3;2*+2. The van der Waals surface area contributed by atoms with Crippen LogP contribution in [0.5, 0.6) is 0 Å². The smallest absolute Gasteiger partial charge is 0.325 e. The van der Waals surface area contributed by atoms with Crippen molar-refractivity contribution in [1.29, 1.82) is 0 Å². The number of nitrogens with zero attached hydrogens (tertiary/aromatic N) is 2. The fraction of sp³-hybridized carbons (Fsp3) is 0.500. The first-order valence-corrected chi connectivity index (χ1v) is 4.21. The second kappa shape index (κ2) is 12.6. The Kier molecular flexibility index (Phi) is 18.9. The van der Waals surface area contributed by atoms with E-state index in [1.165, 1.54) is 0 Å². The van der Waals surface area contributed by atoms with Gasteiger partial charge in [0.25, 0.3) is 0 Å². The van der Waals surface area contributed by atoms with Crippen LogP contribution >= 0.6 is 0 Å². The molecule has 0 N–H and O–H groups in total. The van der Waals surface area contributed by atoms with Gasteiger partial charge >= 0.3 is 62.2 Å². The molecule has 0 bridgehead atoms. The van der Waals surface area contributed by atoms with Gasteiger partial charge in [-0.2, -0.15) is 0 Å². The third-order valence-electron chi connectivity index (χ3n) is 1.99. The molecule has 0 rings (SSSR count). The average molecular weight is 643 g/mol. The molecule has 0 aliphatic carbocycles. The van der Waals surface area contributed by atoms with Gasteiger partial charge in [-0.3, -0.25) is 0 Å². The van der Waals surface area contributed by atoms with Crippen molar-refractivity contribution in [2.24, 2.45) is 0 Å². The number of rotatable bonds is 4. The van der Waals surface area contributed by atoms with Crippen molar-refractivity contribution in [3.63, 3.8) is 0 Å². The predicted molar refractivity (Wildman–Crippen MR) is 53.7 cm³/mol. The molecule has 0 fully saturated rings. The summed E-state index contributed by atoms with van der Waals surface area (Å²) in [7, 11) is 0. The van der Waals surface area contributed by atoms with Crippen molar-refractivity contribution in [2.75, 3.05) is 26.2 Å². The maximum absolute atomic E-state index is 3.83. The van der Waals surface area contributed by atoms with E-state index in [1.807, 2.05) is 6.92 Å². The summed E-state index contributed by atoms with van der Waals surface area (Å²) in [5, 5.41) is 0. The summed E-state index contributed by atoms with van der Waals surface area (Å²) in [6.45, 7) is 20.3. The summed E-state index contributed by atoms with van der Waals surface area (Å²) < 4.78 is 2.09. The van der Waals surface area contributed by atoms with Gasteiger partial charge in [0.05, 0.1) is 0 Å². The number of hydrogen-bond acceptors (Lipinski definition) is 0. The molecule has 0 aromatic carbocycles. The van der Waals surface area contributed by atoms with Crippen molar-refractivity contribution in [1.82, 2.24) is 4.90 Å². The van der Waals surface area contributed by atoms with E-state index in [2.05, 4.69) is 37.2 Å². The summed E-state index contributed by atoms with van der Waals surface area (Å²) in [4.78, 5) is 2.09. The Hall–Kier alpha value is 1.57. The summed E-state index contributed by atoms with van der Waals surface area (Å²) in [5.74, 6) is 1.16. The van der Waals surface area contributed by atoms with Gasteiger partial charge in [0.2, 0.25) is 5.84 Å². The zero-order valence-electron chi connectivity index (χ0n) is 9.05. The van der Waals surface area contributed by atoms with E-state index in [-0.39, 0.29) is 62.2 Å². The zero-order chi connectivity index (χ0) is 9.56. The SMILES string of the molecule is [CH2-]CN(C[CH2-])C(C)=[N+](C[CH2-])C[CH2-].[U+2].[U+2]. The minimum absolute atomic E-state index is 0. The van der Waals surface area contributed by atoms with Gasteiger partial charge in [0.15, 0.2) is 0 Å². The van der Waals surface area contributed by atoms with E-state index in [9.17, 15) is 0 Å². The molecule has 4 heteroatoms. The molecule has 0 radical (unpaired) electrons. The Balaban J connectivity index is -0.000000605. The van der Waals surface area contributed by atoms with Gasteiger partial charge in [0, 0.05) is 6.92 Å². The molecule has 0 heterocycles. The Morgan fingerprint density at radius 2 is 1.36 bits per heavy atom. The molecule has 0 amide bonds. The van der Waals surface area contributed by atoms with Crippen LogP contribution in [0.1, 0.15) is 6.92 Å². The van der Waals surface area contributed by atoms with Crippen LogP contribution in [0.4, 0.5) is 0 Å². The molecule has 0 atom stereocenters. The monoisotopic (exact) mass is 643 g/mol. The molecular weight excluding hydrogens is 624 g/mol. The predicted octanol–water partition coefficient (Wildman–Crippen LogP) is 1.06. The maximum Gasteiger partial charge on any atom is 2.00 e. The molecule has 0 saturated heterocycles. The Bertz CT molecular complexity index is 148. The third kappa shape index (κ3) is 6.95. The second-order valence-corrected chi connectivity index (χ2v) is 2.52. The largest absolute Gasteiger partial charge is 2.00 e. The first kappa shape index (κ1) is 20.9. The Labute approximate surface area is 137 Å². The molecule has 14 heavy (non-hydrogen) atoms. The normalized spacial score (nSPS) is 8.36. The number of amidine groups is 1. The van der Waals surface area contributed by atoms with Gasteiger partial charge < -0.3 is 37.2 Å². The van der Waals surface area contributed by atoms with Crippen LogP contribution in [0.2, 0.25) is 0 Å². The van der Waals surface area contributed by atoms with Crippen LogP contribution in [0.25, 0.3) is 0 Å². The van der Waals surface area contributed by atoms with E-state index in [0.29, 0.717) is 0 Å². The molecule has 0 spiro atoms. The summed E-state index contributed by atoms with van der Waals surface area (Å²) in [6.07, 6.45) is 0. The summed E-state index contributed by atoms with van der Waals surface area (Å²) >= 11 is 0. The molecule has 2 nitrogen and oxygen atoms in total. The second-order valence-electron chi connectivity index (χ2n) is 2.52. The average Bonchev–Trinajstić information content (AvgIpc) is 2.09. The van der Waals surface area contributed by atoms with Crippen LogP contribution in [-0.4, -0.2) is 41.5 Å². The molecule has 0 unspecified atom stereocenters. The molecule has 0 aliphatic rings. The quantitative estimate of drug-likeness (QED) is 0.193. The van der Waals surface area contributed by atoms with Crippen LogP contribution in [0.3, 0.4) is 0 Å². The molecule has 0 saturated carbocycles. The number of hydrogen-bond donors (Lipinski definition) is 0. The summed E-state index contributed by atoms with van der Waals surface area (Å²) in [6, 6.07) is 0. The van der Waals surface area contributed by atoms with E-state index in [1.54, 1.807) is 0 Å². The van der Waals surface area contributed by atoms with Gasteiger partial charge in [-0.1, -0.05) is 0 Å². The Morgan fingerprint density at radius 3 is 1.57 bits per heavy atom.